The van der Waals surface area contributed by atoms with E-state index in [0.717, 1.165) is 30.3 Å². The average molecular weight is 510 g/mol. The highest BCUT2D eigenvalue weighted by atomic mass is 35.5. The van der Waals surface area contributed by atoms with E-state index in [9.17, 15) is 13.2 Å². The van der Waals surface area contributed by atoms with E-state index in [-0.39, 0.29) is 21.6 Å². The number of hydrogen-bond donors (Lipinski definition) is 2. The Morgan fingerprint density at radius 2 is 1.91 bits per heavy atom. The number of nitrogens with zero attached hydrogens (tertiary/aromatic N) is 4. The second-order valence-electron chi connectivity index (χ2n) is 7.72. The topological polar surface area (TPSA) is 117 Å². The monoisotopic (exact) mass is 509 g/mol. The number of hydrogen-bond acceptors (Lipinski definition) is 5. The molecule has 2 N–H and O–H groups in total. The van der Waals surface area contributed by atoms with Crippen LogP contribution in [0, 0.1) is 6.92 Å². The van der Waals surface area contributed by atoms with Crippen molar-refractivity contribution >= 4 is 45.0 Å². The van der Waals surface area contributed by atoms with E-state index in [1.54, 1.807) is 4.90 Å². The van der Waals surface area contributed by atoms with Gasteiger partial charge in [-0.2, -0.15) is 8.42 Å². The summed E-state index contributed by atoms with van der Waals surface area (Å²) in [5.74, 6) is 1.42. The summed E-state index contributed by atoms with van der Waals surface area (Å²) in [5, 5.41) is 11.9. The van der Waals surface area contributed by atoms with Gasteiger partial charge in [-0.15, -0.1) is 10.2 Å². The molecule has 1 fully saturated rings. The predicted molar refractivity (Wildman–Crippen MR) is 124 cm³/mol. The van der Waals surface area contributed by atoms with Gasteiger partial charge in [-0.25, -0.2) is 4.79 Å². The lowest BCUT2D eigenvalue weighted by Gasteiger charge is -2.25. The third-order valence-corrected chi connectivity index (χ3v) is 6.92. The second-order valence-corrected chi connectivity index (χ2v) is 9.98. The van der Waals surface area contributed by atoms with Crippen molar-refractivity contribution in [2.45, 2.75) is 37.2 Å². The van der Waals surface area contributed by atoms with Gasteiger partial charge in [0, 0.05) is 11.6 Å². The van der Waals surface area contributed by atoms with Crippen molar-refractivity contribution in [1.82, 2.24) is 19.7 Å². The summed E-state index contributed by atoms with van der Waals surface area (Å²) in [4.78, 5) is 14.4. The van der Waals surface area contributed by atoms with E-state index < -0.39 is 16.1 Å². The molecule has 1 aromatic heterocycles. The molecule has 4 rings (SSSR count). The molecule has 2 heterocycles. The molecule has 12 heteroatoms. The number of aryl methyl sites for hydroxylation is 1. The Balaban J connectivity index is 1.55. The van der Waals surface area contributed by atoms with Crippen molar-refractivity contribution in [1.29, 1.82) is 0 Å². The lowest BCUT2D eigenvalue weighted by Crippen LogP contribution is -2.35. The van der Waals surface area contributed by atoms with Gasteiger partial charge in [0.05, 0.1) is 28.2 Å². The lowest BCUT2D eigenvalue weighted by molar-refractivity contribution is 0.204. The first-order valence-corrected chi connectivity index (χ1v) is 12.3. The first-order valence-electron chi connectivity index (χ1n) is 10.1. The number of amides is 2. The van der Waals surface area contributed by atoms with Gasteiger partial charge < -0.3 is 14.8 Å². The Morgan fingerprint density at radius 1 is 1.18 bits per heavy atom. The first-order chi connectivity index (χ1) is 15.6. The van der Waals surface area contributed by atoms with Crippen molar-refractivity contribution < 1.29 is 17.8 Å². The van der Waals surface area contributed by atoms with Gasteiger partial charge in [0.2, 0.25) is 0 Å². The predicted octanol–water partition coefficient (Wildman–Crippen LogP) is 4.56. The van der Waals surface area contributed by atoms with Crippen molar-refractivity contribution in [2.24, 2.45) is 0 Å². The quantitative estimate of drug-likeness (QED) is 0.486. The fraction of sp³-hybridized carbons (Fsp3) is 0.286. The van der Waals surface area contributed by atoms with Gasteiger partial charge in [0.15, 0.2) is 5.82 Å². The highest BCUT2D eigenvalue weighted by Gasteiger charge is 2.34. The van der Waals surface area contributed by atoms with Gasteiger partial charge in [0.25, 0.3) is 10.1 Å². The number of carbonyl (C=O) groups excluding carboxylic acids is 1. The molecule has 2 amide bonds. The van der Waals surface area contributed by atoms with Crippen molar-refractivity contribution in [2.75, 3.05) is 11.9 Å². The summed E-state index contributed by atoms with van der Waals surface area (Å²) in [5.41, 5.74) is 1.27. The first kappa shape index (κ1) is 23.5. The Kier molecular flexibility index (Phi) is 6.62. The molecule has 33 heavy (non-hydrogen) atoms. The minimum absolute atomic E-state index is 0.00373. The smallest absolute Gasteiger partial charge is 0.314 e. The fourth-order valence-electron chi connectivity index (χ4n) is 3.83. The summed E-state index contributed by atoms with van der Waals surface area (Å²) >= 11 is 12.1. The van der Waals surface area contributed by atoms with Crippen molar-refractivity contribution in [3.63, 3.8) is 0 Å². The molecule has 0 radical (unpaired) electrons. The number of aromatic nitrogens is 3. The number of benzene rings is 2. The summed E-state index contributed by atoms with van der Waals surface area (Å²) < 4.78 is 33.7. The van der Waals surface area contributed by atoms with Gasteiger partial charge in [-0.3, -0.25) is 4.55 Å². The summed E-state index contributed by atoms with van der Waals surface area (Å²) in [6.07, 6.45) is 1.52. The molecule has 174 valence electrons. The molecular weight excluding hydrogens is 489 g/mol. The minimum atomic E-state index is -4.39. The molecule has 0 bridgehead atoms. The van der Waals surface area contributed by atoms with Crippen molar-refractivity contribution in [3.05, 3.63) is 69.7 Å². The van der Waals surface area contributed by atoms with Gasteiger partial charge in [-0.1, -0.05) is 35.3 Å². The van der Waals surface area contributed by atoms with E-state index in [1.807, 2.05) is 35.8 Å². The van der Waals surface area contributed by atoms with Crippen LogP contribution in [0.3, 0.4) is 0 Å². The normalized spacial score (nSPS) is 16.2. The zero-order valence-corrected chi connectivity index (χ0v) is 19.9. The van der Waals surface area contributed by atoms with Crippen LogP contribution in [0.4, 0.5) is 10.5 Å². The fourth-order valence-corrected chi connectivity index (χ4v) is 4.76. The average Bonchev–Trinajstić information content (AvgIpc) is 3.37. The van der Waals surface area contributed by atoms with Crippen LogP contribution in [-0.4, -0.2) is 45.2 Å². The Labute approximate surface area is 201 Å². The number of rotatable bonds is 5. The minimum Gasteiger partial charge on any atom is -0.314 e. The van der Waals surface area contributed by atoms with E-state index >= 15 is 0 Å². The lowest BCUT2D eigenvalue weighted by atomic mass is 10.2. The zero-order valence-electron chi connectivity index (χ0n) is 17.6. The molecule has 9 nitrogen and oxygen atoms in total. The maximum absolute atomic E-state index is 13.1. The van der Waals surface area contributed by atoms with Crippen LogP contribution in [-0.2, 0) is 16.7 Å². The number of urea groups is 1. The summed E-state index contributed by atoms with van der Waals surface area (Å²) in [7, 11) is -4.39. The van der Waals surface area contributed by atoms with E-state index in [0.29, 0.717) is 23.9 Å². The van der Waals surface area contributed by atoms with Crippen LogP contribution >= 0.6 is 23.2 Å². The maximum Gasteiger partial charge on any atom is 0.322 e. The third kappa shape index (κ3) is 5.14. The molecular formula is C21H21Cl2N5O4S. The Hall–Kier alpha value is -2.66. The van der Waals surface area contributed by atoms with E-state index in [4.69, 9.17) is 27.8 Å². The van der Waals surface area contributed by atoms with Crippen molar-refractivity contribution in [3.8, 4) is 0 Å². The molecule has 1 aliphatic rings. The molecule has 0 spiro atoms. The summed E-state index contributed by atoms with van der Waals surface area (Å²) in [6.45, 7) is 2.92. The Morgan fingerprint density at radius 3 is 2.58 bits per heavy atom. The molecule has 1 saturated heterocycles. The third-order valence-electron chi connectivity index (χ3n) is 5.51. The van der Waals surface area contributed by atoms with E-state index in [2.05, 4.69) is 15.5 Å². The number of halogens is 2. The highest BCUT2D eigenvalue weighted by molar-refractivity contribution is 7.85. The molecule has 1 atom stereocenters. The molecule has 1 aliphatic heterocycles. The molecule has 2 aromatic carbocycles. The molecule has 0 saturated carbocycles. The standard InChI is InChI=1S/C21H21Cl2N5O4S/c1-13-25-26-20(28(13)12-14-4-6-15(22)7-5-14)19-3-2-10-27(19)21(29)24-18-9-8-16(11-17(18)23)33(30,31)32/h4-9,11,19H,2-3,10,12H2,1H3,(H,24,29)(H,30,31,32)/t19-/m1/s1. The van der Waals surface area contributed by atoms with Crippen LogP contribution in [0.15, 0.2) is 47.4 Å². The number of likely N-dealkylation sites (tertiary alicyclic amines) is 1. The maximum atomic E-state index is 13.1. The second kappa shape index (κ2) is 9.30. The van der Waals surface area contributed by atoms with Crippen LogP contribution < -0.4 is 5.32 Å². The van der Waals surface area contributed by atoms with Gasteiger partial charge in [0.1, 0.15) is 5.82 Å². The summed E-state index contributed by atoms with van der Waals surface area (Å²) in [6, 6.07) is 10.4. The number of carbonyl (C=O) groups is 1. The zero-order chi connectivity index (χ0) is 23.8. The van der Waals surface area contributed by atoms with E-state index in [1.165, 1.54) is 12.1 Å². The van der Waals surface area contributed by atoms with Crippen LogP contribution in [0.5, 0.6) is 0 Å². The van der Waals surface area contributed by atoms with Crippen LogP contribution in [0.2, 0.25) is 10.0 Å². The number of anilines is 1. The molecule has 0 aliphatic carbocycles. The van der Waals surface area contributed by atoms with Crippen LogP contribution in [0.25, 0.3) is 0 Å². The SMILES string of the molecule is Cc1nnc([C@H]2CCCN2C(=O)Nc2ccc(S(=O)(=O)O)cc2Cl)n1Cc1ccc(Cl)cc1. The highest BCUT2D eigenvalue weighted by Crippen LogP contribution is 2.33. The van der Waals surface area contributed by atoms with Crippen LogP contribution in [0.1, 0.15) is 36.1 Å². The largest absolute Gasteiger partial charge is 0.322 e. The number of nitrogens with one attached hydrogen (secondary N) is 1. The van der Waals surface area contributed by atoms with Gasteiger partial charge in [-0.05, 0) is 55.7 Å². The molecule has 3 aromatic rings. The Bertz CT molecular complexity index is 1290. The van der Waals surface area contributed by atoms with Gasteiger partial charge >= 0.3 is 6.03 Å². The molecule has 0 unspecified atom stereocenters.